The Morgan fingerprint density at radius 1 is 1.18 bits per heavy atom. The predicted octanol–water partition coefficient (Wildman–Crippen LogP) is 1.36. The van der Waals surface area contributed by atoms with Crippen LogP contribution in [0.2, 0.25) is 0 Å². The predicted molar refractivity (Wildman–Crippen MR) is 108 cm³/mol. The molecule has 2 fully saturated rings. The average molecular weight is 414 g/mol. The lowest BCUT2D eigenvalue weighted by molar-refractivity contribution is -0.127. The summed E-state index contributed by atoms with van der Waals surface area (Å²) in [6.07, 6.45) is 2.21. The second-order valence-corrected chi connectivity index (χ2v) is 6.84. The molecule has 0 aliphatic carbocycles. The lowest BCUT2D eigenvalue weighted by atomic mass is 10.0. The van der Waals surface area contributed by atoms with E-state index in [0.29, 0.717) is 29.5 Å². The van der Waals surface area contributed by atoms with Gasteiger partial charge >= 0.3 is 0 Å². The average Bonchev–Trinajstić information content (AvgIpc) is 3.09. The van der Waals surface area contributed by atoms with Crippen LogP contribution in [0.25, 0.3) is 0 Å². The SMILES string of the molecule is COc1cc(N2CC(C(=O)NC3CCCNC3)CC2=O)cc(OC)c1OC.Cl. The largest absolute Gasteiger partial charge is 0.493 e. The van der Waals surface area contributed by atoms with Crippen molar-refractivity contribution in [2.45, 2.75) is 25.3 Å². The molecule has 2 aliphatic heterocycles. The molecule has 156 valence electrons. The molecule has 8 nitrogen and oxygen atoms in total. The van der Waals surface area contributed by atoms with E-state index >= 15 is 0 Å². The maximum Gasteiger partial charge on any atom is 0.227 e. The highest BCUT2D eigenvalue weighted by Crippen LogP contribution is 2.42. The van der Waals surface area contributed by atoms with E-state index in [2.05, 4.69) is 10.6 Å². The molecule has 2 saturated heterocycles. The van der Waals surface area contributed by atoms with Crippen molar-refractivity contribution in [3.8, 4) is 17.2 Å². The Labute approximate surface area is 171 Å². The third-order valence-corrected chi connectivity index (χ3v) is 5.10. The number of amides is 2. The summed E-state index contributed by atoms with van der Waals surface area (Å²) in [5, 5.41) is 6.35. The van der Waals surface area contributed by atoms with Gasteiger partial charge in [-0.1, -0.05) is 0 Å². The number of nitrogens with one attached hydrogen (secondary N) is 2. The number of halogens is 1. The lowest BCUT2D eigenvalue weighted by Gasteiger charge is -2.25. The number of carbonyl (C=O) groups excluding carboxylic acids is 2. The van der Waals surface area contributed by atoms with E-state index < -0.39 is 0 Å². The van der Waals surface area contributed by atoms with E-state index in [0.717, 1.165) is 25.9 Å². The van der Waals surface area contributed by atoms with Gasteiger partial charge < -0.3 is 29.7 Å². The van der Waals surface area contributed by atoms with Crippen LogP contribution in [0.15, 0.2) is 12.1 Å². The maximum absolute atomic E-state index is 12.6. The first-order valence-corrected chi connectivity index (χ1v) is 9.18. The minimum atomic E-state index is -0.362. The molecule has 2 aliphatic rings. The highest BCUT2D eigenvalue weighted by Gasteiger charge is 2.36. The Hall–Kier alpha value is -2.19. The van der Waals surface area contributed by atoms with Gasteiger partial charge in [-0.05, 0) is 19.4 Å². The Morgan fingerprint density at radius 3 is 2.39 bits per heavy atom. The number of ether oxygens (including phenoxy) is 3. The number of anilines is 1. The molecule has 0 saturated carbocycles. The molecule has 1 aromatic carbocycles. The zero-order valence-electron chi connectivity index (χ0n) is 16.4. The molecule has 28 heavy (non-hydrogen) atoms. The summed E-state index contributed by atoms with van der Waals surface area (Å²) in [7, 11) is 4.59. The third kappa shape index (κ3) is 4.62. The Balaban J connectivity index is 0.00000280. The first kappa shape index (κ1) is 22.1. The van der Waals surface area contributed by atoms with Gasteiger partial charge in [-0.25, -0.2) is 0 Å². The van der Waals surface area contributed by atoms with Crippen LogP contribution in [0.5, 0.6) is 17.2 Å². The number of methoxy groups -OCH3 is 3. The monoisotopic (exact) mass is 413 g/mol. The van der Waals surface area contributed by atoms with Crippen molar-refractivity contribution in [1.29, 1.82) is 0 Å². The van der Waals surface area contributed by atoms with Crippen LogP contribution in [0.3, 0.4) is 0 Å². The summed E-state index contributed by atoms with van der Waals surface area (Å²) in [5.41, 5.74) is 0.629. The summed E-state index contributed by atoms with van der Waals surface area (Å²) in [4.78, 5) is 26.8. The van der Waals surface area contributed by atoms with Gasteiger partial charge in [0.15, 0.2) is 11.5 Å². The van der Waals surface area contributed by atoms with Gasteiger partial charge in [-0.3, -0.25) is 9.59 Å². The molecule has 1 aromatic rings. The topological polar surface area (TPSA) is 89.1 Å². The van der Waals surface area contributed by atoms with Crippen LogP contribution in [0.4, 0.5) is 5.69 Å². The normalized spacial score (nSPS) is 21.7. The first-order valence-electron chi connectivity index (χ1n) is 9.18. The van der Waals surface area contributed by atoms with E-state index in [4.69, 9.17) is 14.2 Å². The van der Waals surface area contributed by atoms with Gasteiger partial charge in [0.25, 0.3) is 0 Å². The van der Waals surface area contributed by atoms with Crippen LogP contribution in [0.1, 0.15) is 19.3 Å². The molecule has 2 amide bonds. The van der Waals surface area contributed by atoms with Gasteiger partial charge in [0.1, 0.15) is 0 Å². The van der Waals surface area contributed by atoms with Crippen LogP contribution >= 0.6 is 12.4 Å². The summed E-state index contributed by atoms with van der Waals surface area (Å²) in [6, 6.07) is 3.59. The molecular weight excluding hydrogens is 386 g/mol. The second kappa shape index (κ2) is 9.84. The number of carbonyl (C=O) groups is 2. The van der Waals surface area contributed by atoms with Gasteiger partial charge in [0.05, 0.1) is 32.9 Å². The molecule has 3 rings (SSSR count). The Morgan fingerprint density at radius 2 is 1.86 bits per heavy atom. The third-order valence-electron chi connectivity index (χ3n) is 5.10. The zero-order valence-corrected chi connectivity index (χ0v) is 17.3. The van der Waals surface area contributed by atoms with Crippen molar-refractivity contribution < 1.29 is 23.8 Å². The van der Waals surface area contributed by atoms with Crippen LogP contribution in [-0.4, -0.2) is 58.8 Å². The lowest BCUT2D eigenvalue weighted by Crippen LogP contribution is -2.47. The van der Waals surface area contributed by atoms with E-state index in [1.165, 1.54) is 21.3 Å². The van der Waals surface area contributed by atoms with E-state index in [9.17, 15) is 9.59 Å². The van der Waals surface area contributed by atoms with E-state index in [1.807, 2.05) is 0 Å². The molecule has 2 N–H and O–H groups in total. The van der Waals surface area contributed by atoms with Crippen molar-refractivity contribution in [2.24, 2.45) is 5.92 Å². The molecule has 2 heterocycles. The summed E-state index contributed by atoms with van der Waals surface area (Å²) in [5.74, 6) is 0.896. The molecule has 0 bridgehead atoms. The number of nitrogens with zero attached hydrogens (tertiary/aromatic N) is 1. The van der Waals surface area contributed by atoms with Crippen LogP contribution in [-0.2, 0) is 9.59 Å². The number of rotatable bonds is 6. The van der Waals surface area contributed by atoms with E-state index in [-0.39, 0.29) is 42.6 Å². The molecule has 0 radical (unpaired) electrons. The summed E-state index contributed by atoms with van der Waals surface area (Å²) < 4.78 is 16.0. The Bertz CT molecular complexity index is 684. The number of piperidine rings is 1. The summed E-state index contributed by atoms with van der Waals surface area (Å²) in [6.45, 7) is 2.11. The fraction of sp³-hybridized carbons (Fsp3) is 0.579. The zero-order chi connectivity index (χ0) is 19.4. The fourth-order valence-electron chi connectivity index (χ4n) is 3.65. The van der Waals surface area contributed by atoms with Crippen molar-refractivity contribution in [2.75, 3.05) is 45.9 Å². The van der Waals surface area contributed by atoms with Gasteiger partial charge in [-0.15, -0.1) is 12.4 Å². The molecular formula is C19H28ClN3O5. The van der Waals surface area contributed by atoms with Gasteiger partial charge in [-0.2, -0.15) is 0 Å². The smallest absolute Gasteiger partial charge is 0.227 e. The van der Waals surface area contributed by atoms with Crippen molar-refractivity contribution in [3.05, 3.63) is 12.1 Å². The highest BCUT2D eigenvalue weighted by atomic mass is 35.5. The molecule has 0 aromatic heterocycles. The van der Waals surface area contributed by atoms with Crippen molar-refractivity contribution in [1.82, 2.24) is 10.6 Å². The maximum atomic E-state index is 12.6. The first-order chi connectivity index (χ1) is 13.1. The minimum absolute atomic E-state index is 0. The van der Waals surface area contributed by atoms with Gasteiger partial charge in [0.2, 0.25) is 17.6 Å². The number of hydrogen-bond acceptors (Lipinski definition) is 6. The van der Waals surface area contributed by atoms with E-state index in [1.54, 1.807) is 17.0 Å². The van der Waals surface area contributed by atoms with Crippen LogP contribution < -0.4 is 29.7 Å². The standard InChI is InChI=1S/C19H27N3O5.ClH/c1-25-15-8-14(9-16(26-2)18(15)27-3)22-11-12(7-17(22)23)19(24)21-13-5-4-6-20-10-13;/h8-9,12-13,20H,4-7,10-11H2,1-3H3,(H,21,24);1H. The molecule has 2 atom stereocenters. The van der Waals surface area contributed by atoms with Gasteiger partial charge in [0, 0.05) is 37.7 Å². The fourth-order valence-corrected chi connectivity index (χ4v) is 3.65. The second-order valence-electron chi connectivity index (χ2n) is 6.84. The number of benzene rings is 1. The Kier molecular flexibility index (Phi) is 7.77. The molecule has 2 unspecified atom stereocenters. The quantitative estimate of drug-likeness (QED) is 0.732. The summed E-state index contributed by atoms with van der Waals surface area (Å²) >= 11 is 0. The van der Waals surface area contributed by atoms with Crippen molar-refractivity contribution >= 4 is 29.9 Å². The van der Waals surface area contributed by atoms with Crippen molar-refractivity contribution in [3.63, 3.8) is 0 Å². The molecule has 0 spiro atoms. The minimum Gasteiger partial charge on any atom is -0.493 e. The number of hydrogen-bond donors (Lipinski definition) is 2. The van der Waals surface area contributed by atoms with Crippen LogP contribution in [0, 0.1) is 5.92 Å². The molecule has 9 heteroatoms. The highest BCUT2D eigenvalue weighted by molar-refractivity contribution is 6.00.